The van der Waals surface area contributed by atoms with Crippen LogP contribution in [0.1, 0.15) is 61.4 Å². The summed E-state index contributed by atoms with van der Waals surface area (Å²) >= 11 is 0. The van der Waals surface area contributed by atoms with Gasteiger partial charge in [0.15, 0.2) is 5.78 Å². The van der Waals surface area contributed by atoms with E-state index in [9.17, 15) is 9.59 Å². The number of ether oxygens (including phenoxy) is 2. The molecule has 2 rings (SSSR count). The van der Waals surface area contributed by atoms with Gasteiger partial charge in [0.2, 0.25) is 0 Å². The van der Waals surface area contributed by atoms with Crippen molar-refractivity contribution in [2.75, 3.05) is 13.7 Å². The van der Waals surface area contributed by atoms with Gasteiger partial charge in [0, 0.05) is 24.8 Å². The number of carbonyl (C=O) groups excluding carboxylic acids is 2. The van der Waals surface area contributed by atoms with Gasteiger partial charge in [-0.2, -0.15) is 0 Å². The van der Waals surface area contributed by atoms with Crippen molar-refractivity contribution in [3.63, 3.8) is 0 Å². The van der Waals surface area contributed by atoms with E-state index in [0.717, 1.165) is 49.4 Å². The third-order valence-corrected chi connectivity index (χ3v) is 4.61. The van der Waals surface area contributed by atoms with Crippen LogP contribution < -0.4 is 9.47 Å². The maximum Gasteiger partial charge on any atom is 0.162 e. The van der Waals surface area contributed by atoms with Crippen molar-refractivity contribution < 1.29 is 19.1 Å². The molecule has 0 saturated carbocycles. The van der Waals surface area contributed by atoms with Gasteiger partial charge >= 0.3 is 0 Å². The first-order chi connectivity index (χ1) is 13.6. The molecule has 0 aliphatic rings. The Morgan fingerprint density at radius 1 is 0.821 bits per heavy atom. The average Bonchev–Trinajstić information content (AvgIpc) is 2.72. The van der Waals surface area contributed by atoms with Crippen LogP contribution in [0, 0.1) is 0 Å². The first-order valence-corrected chi connectivity index (χ1v) is 10.0. The Hall–Kier alpha value is -2.62. The Kier molecular flexibility index (Phi) is 9.26. The standard InChI is InChI=1S/C24H30O4/c1-3-4-17-28-23-13-9-19(10-14-23)18-21(25)7-5-6-8-24(26)20-11-15-22(27-2)16-12-20/h9-16H,3-8,17-18H2,1-2H3. The molecule has 0 atom stereocenters. The van der Waals surface area contributed by atoms with E-state index in [-0.39, 0.29) is 11.6 Å². The number of hydrogen-bond donors (Lipinski definition) is 0. The lowest BCUT2D eigenvalue weighted by Gasteiger charge is -2.06. The second-order valence-corrected chi connectivity index (χ2v) is 6.92. The average molecular weight is 382 g/mol. The summed E-state index contributed by atoms with van der Waals surface area (Å²) in [6.07, 6.45) is 5.01. The zero-order valence-corrected chi connectivity index (χ0v) is 16.9. The topological polar surface area (TPSA) is 52.6 Å². The SMILES string of the molecule is CCCCOc1ccc(CC(=O)CCCCC(=O)c2ccc(OC)cc2)cc1. The van der Waals surface area contributed by atoms with Crippen LogP contribution >= 0.6 is 0 Å². The van der Waals surface area contributed by atoms with Crippen molar-refractivity contribution in [2.24, 2.45) is 0 Å². The molecule has 0 amide bonds. The van der Waals surface area contributed by atoms with Crippen molar-refractivity contribution >= 4 is 11.6 Å². The van der Waals surface area contributed by atoms with Gasteiger partial charge in [0.1, 0.15) is 17.3 Å². The number of rotatable bonds is 13. The van der Waals surface area contributed by atoms with Crippen LogP contribution in [-0.2, 0) is 11.2 Å². The highest BCUT2D eigenvalue weighted by Crippen LogP contribution is 2.16. The molecule has 0 aliphatic carbocycles. The number of Topliss-reactive ketones (excluding diaryl/α,β-unsaturated/α-hetero) is 2. The molecular weight excluding hydrogens is 352 g/mol. The summed E-state index contributed by atoms with van der Waals surface area (Å²) in [5.74, 6) is 1.90. The highest BCUT2D eigenvalue weighted by atomic mass is 16.5. The molecule has 2 aromatic rings. The quantitative estimate of drug-likeness (QED) is 0.342. The molecule has 0 aliphatic heterocycles. The molecule has 4 nitrogen and oxygen atoms in total. The van der Waals surface area contributed by atoms with Crippen molar-refractivity contribution in [1.29, 1.82) is 0 Å². The van der Waals surface area contributed by atoms with Crippen molar-refractivity contribution in [3.8, 4) is 11.5 Å². The molecule has 2 aromatic carbocycles. The Balaban J connectivity index is 1.65. The van der Waals surface area contributed by atoms with Gasteiger partial charge in [-0.3, -0.25) is 9.59 Å². The molecule has 0 aromatic heterocycles. The molecular formula is C24H30O4. The van der Waals surface area contributed by atoms with Crippen LogP contribution in [0.2, 0.25) is 0 Å². The lowest BCUT2D eigenvalue weighted by molar-refractivity contribution is -0.118. The first kappa shape index (κ1) is 21.7. The van der Waals surface area contributed by atoms with E-state index in [1.165, 1.54) is 0 Å². The predicted octanol–water partition coefficient (Wildman–Crippen LogP) is 5.43. The molecule has 0 unspecified atom stereocenters. The van der Waals surface area contributed by atoms with Crippen LogP contribution in [0.15, 0.2) is 48.5 Å². The van der Waals surface area contributed by atoms with Crippen LogP contribution in [0.3, 0.4) is 0 Å². The van der Waals surface area contributed by atoms with Crippen LogP contribution in [-0.4, -0.2) is 25.3 Å². The van der Waals surface area contributed by atoms with E-state index < -0.39 is 0 Å². The van der Waals surface area contributed by atoms with E-state index in [1.807, 2.05) is 24.3 Å². The summed E-state index contributed by atoms with van der Waals surface area (Å²) in [5, 5.41) is 0. The summed E-state index contributed by atoms with van der Waals surface area (Å²) in [7, 11) is 1.60. The van der Waals surface area contributed by atoms with E-state index in [0.29, 0.717) is 24.8 Å². The zero-order chi connectivity index (χ0) is 20.2. The second-order valence-electron chi connectivity index (χ2n) is 6.92. The predicted molar refractivity (Wildman–Crippen MR) is 111 cm³/mol. The summed E-state index contributed by atoms with van der Waals surface area (Å²) in [5.41, 5.74) is 1.69. The molecule has 0 saturated heterocycles. The lowest BCUT2D eigenvalue weighted by Crippen LogP contribution is -2.04. The van der Waals surface area contributed by atoms with Crippen LogP contribution in [0.4, 0.5) is 0 Å². The van der Waals surface area contributed by atoms with E-state index in [4.69, 9.17) is 9.47 Å². The summed E-state index contributed by atoms with van der Waals surface area (Å²) in [6.45, 7) is 2.86. The second kappa shape index (κ2) is 12.0. The third kappa shape index (κ3) is 7.55. The van der Waals surface area contributed by atoms with Gasteiger partial charge in [0.05, 0.1) is 13.7 Å². The molecule has 150 valence electrons. The number of ketones is 2. The smallest absolute Gasteiger partial charge is 0.162 e. The van der Waals surface area contributed by atoms with Gasteiger partial charge in [-0.05, 0) is 61.2 Å². The molecule has 0 N–H and O–H groups in total. The maximum absolute atomic E-state index is 12.2. The molecule has 0 heterocycles. The fraction of sp³-hybridized carbons (Fsp3) is 0.417. The van der Waals surface area contributed by atoms with Gasteiger partial charge in [-0.25, -0.2) is 0 Å². The molecule has 0 radical (unpaired) electrons. The summed E-state index contributed by atoms with van der Waals surface area (Å²) in [6, 6.07) is 14.9. The van der Waals surface area contributed by atoms with Crippen molar-refractivity contribution in [2.45, 2.75) is 51.9 Å². The molecule has 0 fully saturated rings. The highest BCUT2D eigenvalue weighted by Gasteiger charge is 2.08. The monoisotopic (exact) mass is 382 g/mol. The number of hydrogen-bond acceptors (Lipinski definition) is 4. The fourth-order valence-corrected chi connectivity index (χ4v) is 2.88. The zero-order valence-electron chi connectivity index (χ0n) is 16.9. The van der Waals surface area contributed by atoms with Crippen LogP contribution in [0.5, 0.6) is 11.5 Å². The number of carbonyl (C=O) groups is 2. The first-order valence-electron chi connectivity index (χ1n) is 10.0. The summed E-state index contributed by atoms with van der Waals surface area (Å²) in [4.78, 5) is 24.3. The van der Waals surface area contributed by atoms with E-state index in [1.54, 1.807) is 31.4 Å². The normalized spacial score (nSPS) is 10.5. The van der Waals surface area contributed by atoms with Gasteiger partial charge < -0.3 is 9.47 Å². The lowest BCUT2D eigenvalue weighted by atomic mass is 10.0. The molecule has 0 bridgehead atoms. The molecule has 4 heteroatoms. The Morgan fingerprint density at radius 2 is 1.46 bits per heavy atom. The number of unbranched alkanes of at least 4 members (excludes halogenated alkanes) is 2. The number of benzene rings is 2. The van der Waals surface area contributed by atoms with Gasteiger partial charge in [-0.1, -0.05) is 25.5 Å². The van der Waals surface area contributed by atoms with E-state index in [2.05, 4.69) is 6.92 Å². The van der Waals surface area contributed by atoms with Gasteiger partial charge in [0.25, 0.3) is 0 Å². The minimum atomic E-state index is 0.105. The van der Waals surface area contributed by atoms with Crippen molar-refractivity contribution in [3.05, 3.63) is 59.7 Å². The molecule has 28 heavy (non-hydrogen) atoms. The minimum absolute atomic E-state index is 0.105. The summed E-state index contributed by atoms with van der Waals surface area (Å²) < 4.78 is 10.7. The van der Waals surface area contributed by atoms with Crippen molar-refractivity contribution in [1.82, 2.24) is 0 Å². The Bertz CT molecular complexity index is 732. The van der Waals surface area contributed by atoms with E-state index >= 15 is 0 Å². The maximum atomic E-state index is 12.2. The number of methoxy groups -OCH3 is 1. The minimum Gasteiger partial charge on any atom is -0.497 e. The fourth-order valence-electron chi connectivity index (χ4n) is 2.88. The Labute approximate surface area is 167 Å². The van der Waals surface area contributed by atoms with Crippen LogP contribution in [0.25, 0.3) is 0 Å². The highest BCUT2D eigenvalue weighted by molar-refractivity contribution is 5.96. The Morgan fingerprint density at radius 3 is 2.11 bits per heavy atom. The van der Waals surface area contributed by atoms with Gasteiger partial charge in [-0.15, -0.1) is 0 Å². The largest absolute Gasteiger partial charge is 0.497 e. The third-order valence-electron chi connectivity index (χ3n) is 4.61. The molecule has 0 spiro atoms.